The highest BCUT2D eigenvalue weighted by Crippen LogP contribution is 2.20. The number of likely N-dealkylation sites (tertiary alicyclic amines) is 1. The highest BCUT2D eigenvalue weighted by Gasteiger charge is 2.31. The zero-order chi connectivity index (χ0) is 18.8. The van der Waals surface area contributed by atoms with Crippen LogP contribution < -0.4 is 16.6 Å². The third-order valence-electron chi connectivity index (χ3n) is 5.50. The zero-order valence-corrected chi connectivity index (χ0v) is 15.2. The molecule has 2 atom stereocenters. The molecule has 2 saturated heterocycles. The lowest BCUT2D eigenvalue weighted by Gasteiger charge is -2.24. The largest absolute Gasteiger partial charge is 0.340 e. The first-order valence-electron chi connectivity index (χ1n) is 9.48. The lowest BCUT2D eigenvalue weighted by atomic mass is 10.1. The Hall–Kier alpha value is -2.67. The SMILES string of the molecule is O=C(Cn1c(=O)ccn(Cc2ccccc2)c1=O)N1CCC2CCC(C1)N2. The van der Waals surface area contributed by atoms with E-state index in [0.717, 1.165) is 29.4 Å². The summed E-state index contributed by atoms with van der Waals surface area (Å²) < 4.78 is 2.51. The van der Waals surface area contributed by atoms with Crippen molar-refractivity contribution in [2.75, 3.05) is 13.1 Å². The molecule has 3 heterocycles. The molecule has 142 valence electrons. The van der Waals surface area contributed by atoms with Crippen molar-refractivity contribution in [3.63, 3.8) is 0 Å². The maximum atomic E-state index is 12.8. The Morgan fingerprint density at radius 2 is 1.81 bits per heavy atom. The van der Waals surface area contributed by atoms with Crippen molar-refractivity contribution < 1.29 is 4.79 Å². The van der Waals surface area contributed by atoms with Crippen LogP contribution in [-0.4, -0.2) is 45.1 Å². The fourth-order valence-electron chi connectivity index (χ4n) is 4.01. The van der Waals surface area contributed by atoms with Gasteiger partial charge in [-0.1, -0.05) is 30.3 Å². The third kappa shape index (κ3) is 3.88. The van der Waals surface area contributed by atoms with Crippen molar-refractivity contribution in [3.8, 4) is 0 Å². The summed E-state index contributed by atoms with van der Waals surface area (Å²) in [5.74, 6) is -0.166. The molecular formula is C20H24N4O3. The van der Waals surface area contributed by atoms with E-state index in [1.165, 1.54) is 16.8 Å². The quantitative estimate of drug-likeness (QED) is 0.848. The van der Waals surface area contributed by atoms with Gasteiger partial charge >= 0.3 is 5.69 Å². The normalized spacial score (nSPS) is 21.9. The Bertz CT molecular complexity index is 934. The Balaban J connectivity index is 1.53. The summed E-state index contributed by atoms with van der Waals surface area (Å²) in [4.78, 5) is 39.5. The molecule has 4 rings (SSSR count). The number of carbonyl (C=O) groups is 1. The van der Waals surface area contributed by atoms with Crippen LogP contribution in [0.4, 0.5) is 0 Å². The molecule has 7 heteroatoms. The van der Waals surface area contributed by atoms with Gasteiger partial charge in [-0.2, -0.15) is 0 Å². The molecule has 2 fully saturated rings. The minimum absolute atomic E-state index is 0.166. The summed E-state index contributed by atoms with van der Waals surface area (Å²) >= 11 is 0. The lowest BCUT2D eigenvalue weighted by Crippen LogP contribution is -2.46. The van der Waals surface area contributed by atoms with Crippen LogP contribution in [0.15, 0.2) is 52.2 Å². The first-order chi connectivity index (χ1) is 13.1. The Labute approximate surface area is 157 Å². The number of aromatic nitrogens is 2. The van der Waals surface area contributed by atoms with Gasteiger partial charge in [0.1, 0.15) is 6.54 Å². The minimum atomic E-state index is -0.450. The number of nitrogens with zero attached hydrogens (tertiary/aromatic N) is 3. The van der Waals surface area contributed by atoms with Crippen LogP contribution in [0.25, 0.3) is 0 Å². The van der Waals surface area contributed by atoms with Gasteiger partial charge in [-0.25, -0.2) is 4.79 Å². The van der Waals surface area contributed by atoms with E-state index in [-0.39, 0.29) is 12.5 Å². The second-order valence-corrected chi connectivity index (χ2v) is 7.40. The number of amides is 1. The Morgan fingerprint density at radius 3 is 2.63 bits per heavy atom. The molecule has 0 spiro atoms. The van der Waals surface area contributed by atoms with Crippen molar-refractivity contribution >= 4 is 5.91 Å². The van der Waals surface area contributed by atoms with Gasteiger partial charge in [0.05, 0.1) is 6.54 Å². The molecule has 7 nitrogen and oxygen atoms in total. The van der Waals surface area contributed by atoms with Crippen molar-refractivity contribution in [3.05, 3.63) is 69.0 Å². The smallest absolute Gasteiger partial charge is 0.331 e. The van der Waals surface area contributed by atoms with Crippen LogP contribution in [0.5, 0.6) is 0 Å². The lowest BCUT2D eigenvalue weighted by molar-refractivity contribution is -0.132. The van der Waals surface area contributed by atoms with Crippen LogP contribution in [0.1, 0.15) is 24.8 Å². The number of benzene rings is 1. The van der Waals surface area contributed by atoms with Gasteiger partial charge < -0.3 is 10.2 Å². The van der Waals surface area contributed by atoms with Crippen LogP contribution in [0.2, 0.25) is 0 Å². The van der Waals surface area contributed by atoms with E-state index in [1.807, 2.05) is 30.3 Å². The predicted molar refractivity (Wildman–Crippen MR) is 102 cm³/mol. The molecule has 27 heavy (non-hydrogen) atoms. The van der Waals surface area contributed by atoms with Crippen molar-refractivity contribution in [2.24, 2.45) is 0 Å². The Morgan fingerprint density at radius 1 is 1.04 bits per heavy atom. The van der Waals surface area contributed by atoms with Gasteiger partial charge in [0.2, 0.25) is 5.91 Å². The summed E-state index contributed by atoms with van der Waals surface area (Å²) in [6.45, 7) is 1.48. The van der Waals surface area contributed by atoms with E-state index in [0.29, 0.717) is 31.7 Å². The standard InChI is InChI=1S/C20H24N4O3/c25-18-9-11-23(12-15-4-2-1-3-5-15)20(27)24(18)14-19(26)22-10-8-16-6-7-17(13-22)21-16/h1-5,9,11,16-17,21H,6-8,10,12-14H2. The van der Waals surface area contributed by atoms with Gasteiger partial charge in [-0.15, -0.1) is 0 Å². The van der Waals surface area contributed by atoms with Gasteiger partial charge in [-0.3, -0.25) is 18.7 Å². The fraction of sp³-hybridized carbons (Fsp3) is 0.450. The van der Waals surface area contributed by atoms with Crippen LogP contribution in [0.3, 0.4) is 0 Å². The first kappa shape index (κ1) is 17.7. The maximum Gasteiger partial charge on any atom is 0.331 e. The second kappa shape index (κ2) is 7.52. The molecule has 2 aliphatic rings. The molecule has 1 N–H and O–H groups in total. The molecular weight excluding hydrogens is 344 g/mol. The van der Waals surface area contributed by atoms with Crippen molar-refractivity contribution in [1.29, 1.82) is 0 Å². The molecule has 2 aliphatic heterocycles. The summed E-state index contributed by atoms with van der Waals surface area (Å²) in [6, 6.07) is 11.7. The molecule has 2 bridgehead atoms. The number of carbonyl (C=O) groups excluding carboxylic acids is 1. The van der Waals surface area contributed by atoms with E-state index >= 15 is 0 Å². The molecule has 0 aliphatic carbocycles. The molecule has 1 aromatic heterocycles. The predicted octanol–water partition coefficient (Wildman–Crippen LogP) is 0.411. The second-order valence-electron chi connectivity index (χ2n) is 7.40. The van der Waals surface area contributed by atoms with Gasteiger partial charge in [0.25, 0.3) is 5.56 Å². The number of rotatable bonds is 4. The summed E-state index contributed by atoms with van der Waals surface area (Å²) in [6.07, 6.45) is 4.65. The van der Waals surface area contributed by atoms with E-state index in [2.05, 4.69) is 5.32 Å². The van der Waals surface area contributed by atoms with Crippen LogP contribution in [-0.2, 0) is 17.9 Å². The van der Waals surface area contributed by atoms with Crippen molar-refractivity contribution in [1.82, 2.24) is 19.4 Å². The number of hydrogen-bond acceptors (Lipinski definition) is 4. The summed E-state index contributed by atoms with van der Waals surface area (Å²) in [5.41, 5.74) is 0.0760. The third-order valence-corrected chi connectivity index (χ3v) is 5.50. The fourth-order valence-corrected chi connectivity index (χ4v) is 4.01. The van der Waals surface area contributed by atoms with E-state index in [4.69, 9.17) is 0 Å². The highest BCUT2D eigenvalue weighted by atomic mass is 16.2. The number of hydrogen-bond donors (Lipinski definition) is 1. The summed E-state index contributed by atoms with van der Waals surface area (Å²) in [5, 5.41) is 3.53. The molecule has 2 unspecified atom stereocenters. The van der Waals surface area contributed by atoms with Gasteiger partial charge in [0, 0.05) is 37.4 Å². The number of fused-ring (bicyclic) bond motifs is 2. The monoisotopic (exact) mass is 368 g/mol. The van der Waals surface area contributed by atoms with Crippen molar-refractivity contribution in [2.45, 2.75) is 44.4 Å². The number of nitrogens with one attached hydrogen (secondary N) is 1. The van der Waals surface area contributed by atoms with Gasteiger partial charge in [0.15, 0.2) is 0 Å². The zero-order valence-electron chi connectivity index (χ0n) is 15.2. The van der Waals surface area contributed by atoms with Crippen LogP contribution in [0, 0.1) is 0 Å². The molecule has 1 amide bonds. The topological polar surface area (TPSA) is 76.3 Å². The molecule has 1 aromatic carbocycles. The average molecular weight is 368 g/mol. The van der Waals surface area contributed by atoms with E-state index < -0.39 is 11.2 Å². The minimum Gasteiger partial charge on any atom is -0.340 e. The molecule has 0 radical (unpaired) electrons. The van der Waals surface area contributed by atoms with E-state index in [1.54, 1.807) is 4.90 Å². The molecule has 2 aromatic rings. The highest BCUT2D eigenvalue weighted by molar-refractivity contribution is 5.76. The first-order valence-corrected chi connectivity index (χ1v) is 9.48. The van der Waals surface area contributed by atoms with Crippen LogP contribution >= 0.6 is 0 Å². The average Bonchev–Trinajstić information content (AvgIpc) is 3.00. The Kier molecular flexibility index (Phi) is 4.94. The maximum absolute atomic E-state index is 12.8. The van der Waals surface area contributed by atoms with E-state index in [9.17, 15) is 14.4 Å². The van der Waals surface area contributed by atoms with Gasteiger partial charge in [-0.05, 0) is 24.8 Å². The summed E-state index contributed by atoms with van der Waals surface area (Å²) in [7, 11) is 0. The molecule has 0 saturated carbocycles.